The van der Waals surface area contributed by atoms with Crippen LogP contribution in [-0.2, 0) is 11.2 Å². The van der Waals surface area contributed by atoms with Crippen LogP contribution in [0, 0.1) is 6.92 Å². The number of ether oxygens (including phenoxy) is 1. The summed E-state index contributed by atoms with van der Waals surface area (Å²) in [6, 6.07) is 1.59. The van der Waals surface area contributed by atoms with E-state index in [1.165, 1.54) is 6.20 Å². The van der Waals surface area contributed by atoms with E-state index < -0.39 is 0 Å². The third-order valence-electron chi connectivity index (χ3n) is 3.83. The van der Waals surface area contributed by atoms with Crippen LogP contribution in [0.1, 0.15) is 28.4 Å². The minimum absolute atomic E-state index is 0.00718. The van der Waals surface area contributed by atoms with E-state index in [9.17, 15) is 4.79 Å². The summed E-state index contributed by atoms with van der Waals surface area (Å²) in [5.41, 5.74) is 1.88. The molecule has 2 aromatic heterocycles. The molecular formula is C15H18N4O3. The van der Waals surface area contributed by atoms with Gasteiger partial charge in [0.2, 0.25) is 5.76 Å². The van der Waals surface area contributed by atoms with Crippen LogP contribution in [0.2, 0.25) is 0 Å². The van der Waals surface area contributed by atoms with Crippen molar-refractivity contribution in [3.63, 3.8) is 0 Å². The highest BCUT2D eigenvalue weighted by molar-refractivity contribution is 5.91. The van der Waals surface area contributed by atoms with Gasteiger partial charge in [-0.05, 0) is 19.8 Å². The second-order valence-electron chi connectivity index (χ2n) is 5.23. The number of aryl methyl sites for hydroxylation is 2. The molecule has 0 unspecified atom stereocenters. The van der Waals surface area contributed by atoms with E-state index in [0.717, 1.165) is 24.2 Å². The van der Waals surface area contributed by atoms with Crippen LogP contribution in [0.5, 0.6) is 0 Å². The Bertz CT molecular complexity index is 629. The molecule has 1 aliphatic rings. The standard InChI is InChI=1S/C15H18N4O3/c1-11-13(17-7-6-16-11)3-2-12-10-21-9-8-19(12)15(20)14-4-5-18-22-14/h4-7,12H,2-3,8-10H2,1H3/t12-/m1/s1. The fraction of sp³-hybridized carbons (Fsp3) is 0.467. The fourth-order valence-electron chi connectivity index (χ4n) is 2.61. The van der Waals surface area contributed by atoms with Gasteiger partial charge >= 0.3 is 0 Å². The SMILES string of the molecule is Cc1nccnc1CC[C@@H]1COCCN1C(=O)c1ccno1. The molecule has 7 heteroatoms. The van der Waals surface area contributed by atoms with Crippen LogP contribution in [0.4, 0.5) is 0 Å². The van der Waals surface area contributed by atoms with Crippen LogP contribution in [-0.4, -0.2) is 51.7 Å². The molecule has 1 fully saturated rings. The topological polar surface area (TPSA) is 81.4 Å². The minimum Gasteiger partial charge on any atom is -0.377 e. The van der Waals surface area contributed by atoms with Crippen LogP contribution in [0.25, 0.3) is 0 Å². The number of carbonyl (C=O) groups is 1. The van der Waals surface area contributed by atoms with Gasteiger partial charge in [-0.25, -0.2) is 0 Å². The van der Waals surface area contributed by atoms with Crippen molar-refractivity contribution >= 4 is 5.91 Å². The second-order valence-corrected chi connectivity index (χ2v) is 5.23. The Labute approximate surface area is 128 Å². The van der Waals surface area contributed by atoms with Crippen molar-refractivity contribution in [2.75, 3.05) is 19.8 Å². The molecule has 0 aromatic carbocycles. The molecule has 0 aliphatic carbocycles. The van der Waals surface area contributed by atoms with Crippen molar-refractivity contribution in [3.05, 3.63) is 41.8 Å². The maximum absolute atomic E-state index is 12.5. The number of carbonyl (C=O) groups excluding carboxylic acids is 1. The van der Waals surface area contributed by atoms with Crippen molar-refractivity contribution in [2.24, 2.45) is 0 Å². The molecule has 7 nitrogen and oxygen atoms in total. The van der Waals surface area contributed by atoms with Crippen molar-refractivity contribution in [1.29, 1.82) is 0 Å². The maximum Gasteiger partial charge on any atom is 0.292 e. The maximum atomic E-state index is 12.5. The van der Waals surface area contributed by atoms with Gasteiger partial charge in [-0.15, -0.1) is 0 Å². The van der Waals surface area contributed by atoms with Crippen molar-refractivity contribution in [1.82, 2.24) is 20.0 Å². The van der Waals surface area contributed by atoms with Gasteiger partial charge in [0.15, 0.2) is 0 Å². The number of rotatable bonds is 4. The molecule has 22 heavy (non-hydrogen) atoms. The highest BCUT2D eigenvalue weighted by Crippen LogP contribution is 2.17. The molecule has 3 heterocycles. The number of hydrogen-bond acceptors (Lipinski definition) is 6. The number of aromatic nitrogens is 3. The van der Waals surface area contributed by atoms with E-state index >= 15 is 0 Å². The summed E-state index contributed by atoms with van der Waals surface area (Å²) >= 11 is 0. The Balaban J connectivity index is 1.68. The first-order valence-electron chi connectivity index (χ1n) is 7.31. The number of nitrogens with zero attached hydrogens (tertiary/aromatic N) is 4. The Morgan fingerprint density at radius 3 is 3.00 bits per heavy atom. The molecule has 0 radical (unpaired) electrons. The Morgan fingerprint density at radius 1 is 1.36 bits per heavy atom. The van der Waals surface area contributed by atoms with Gasteiger partial charge in [0, 0.05) is 25.0 Å². The van der Waals surface area contributed by atoms with Gasteiger partial charge in [0.1, 0.15) is 0 Å². The lowest BCUT2D eigenvalue weighted by atomic mass is 10.1. The summed E-state index contributed by atoms with van der Waals surface area (Å²) in [5, 5.41) is 3.60. The van der Waals surface area contributed by atoms with Gasteiger partial charge in [-0.1, -0.05) is 5.16 Å². The van der Waals surface area contributed by atoms with E-state index in [-0.39, 0.29) is 17.7 Å². The molecule has 0 N–H and O–H groups in total. The van der Waals surface area contributed by atoms with E-state index in [1.54, 1.807) is 23.4 Å². The molecule has 1 aliphatic heterocycles. The molecule has 1 saturated heterocycles. The Hall–Kier alpha value is -2.28. The van der Waals surface area contributed by atoms with E-state index in [0.29, 0.717) is 19.8 Å². The van der Waals surface area contributed by atoms with E-state index in [2.05, 4.69) is 15.1 Å². The Kier molecular flexibility index (Phi) is 4.43. The average molecular weight is 302 g/mol. The predicted molar refractivity (Wildman–Crippen MR) is 77.2 cm³/mol. The summed E-state index contributed by atoms with van der Waals surface area (Å²) in [6.45, 7) is 3.57. The highest BCUT2D eigenvalue weighted by atomic mass is 16.5. The first-order valence-corrected chi connectivity index (χ1v) is 7.31. The lowest BCUT2D eigenvalue weighted by Crippen LogP contribution is -2.48. The number of hydrogen-bond donors (Lipinski definition) is 0. The smallest absolute Gasteiger partial charge is 0.292 e. The van der Waals surface area contributed by atoms with E-state index in [4.69, 9.17) is 9.26 Å². The molecule has 3 rings (SSSR count). The predicted octanol–water partition coefficient (Wildman–Crippen LogP) is 1.25. The number of morpholine rings is 1. The lowest BCUT2D eigenvalue weighted by Gasteiger charge is -2.35. The highest BCUT2D eigenvalue weighted by Gasteiger charge is 2.29. The van der Waals surface area contributed by atoms with Crippen molar-refractivity contribution in [3.8, 4) is 0 Å². The summed E-state index contributed by atoms with van der Waals surface area (Å²) in [4.78, 5) is 22.8. The third kappa shape index (κ3) is 3.14. The fourth-order valence-corrected chi connectivity index (χ4v) is 2.61. The molecule has 116 valence electrons. The molecule has 2 aromatic rings. The normalized spacial score (nSPS) is 18.4. The van der Waals surface area contributed by atoms with Gasteiger partial charge in [0.25, 0.3) is 5.91 Å². The first-order chi connectivity index (χ1) is 10.8. The molecule has 0 spiro atoms. The van der Waals surface area contributed by atoms with Crippen LogP contribution >= 0.6 is 0 Å². The zero-order valence-electron chi connectivity index (χ0n) is 12.4. The van der Waals surface area contributed by atoms with Gasteiger partial charge < -0.3 is 14.2 Å². The van der Waals surface area contributed by atoms with Crippen LogP contribution < -0.4 is 0 Å². The van der Waals surface area contributed by atoms with Gasteiger partial charge in [-0.3, -0.25) is 14.8 Å². The third-order valence-corrected chi connectivity index (χ3v) is 3.83. The zero-order valence-corrected chi connectivity index (χ0v) is 12.4. The largest absolute Gasteiger partial charge is 0.377 e. The summed E-state index contributed by atoms with van der Waals surface area (Å²) < 4.78 is 10.5. The van der Waals surface area contributed by atoms with Gasteiger partial charge in [0.05, 0.1) is 36.8 Å². The van der Waals surface area contributed by atoms with Gasteiger partial charge in [-0.2, -0.15) is 0 Å². The average Bonchev–Trinajstić information content (AvgIpc) is 3.08. The van der Waals surface area contributed by atoms with Crippen molar-refractivity contribution in [2.45, 2.75) is 25.8 Å². The van der Waals surface area contributed by atoms with Crippen molar-refractivity contribution < 1.29 is 14.1 Å². The summed E-state index contributed by atoms with van der Waals surface area (Å²) in [6.07, 6.45) is 6.39. The molecular weight excluding hydrogens is 284 g/mol. The summed E-state index contributed by atoms with van der Waals surface area (Å²) in [7, 11) is 0. The quantitative estimate of drug-likeness (QED) is 0.845. The summed E-state index contributed by atoms with van der Waals surface area (Å²) in [5.74, 6) is 0.129. The Morgan fingerprint density at radius 2 is 2.23 bits per heavy atom. The molecule has 0 bridgehead atoms. The lowest BCUT2D eigenvalue weighted by molar-refractivity contribution is -0.00604. The first kappa shape index (κ1) is 14.6. The molecule has 1 atom stereocenters. The number of amides is 1. The zero-order chi connectivity index (χ0) is 15.4. The van der Waals surface area contributed by atoms with Crippen LogP contribution in [0.15, 0.2) is 29.2 Å². The molecule has 1 amide bonds. The second kappa shape index (κ2) is 6.65. The monoisotopic (exact) mass is 302 g/mol. The molecule has 0 saturated carbocycles. The minimum atomic E-state index is -0.137. The van der Waals surface area contributed by atoms with Crippen LogP contribution in [0.3, 0.4) is 0 Å². The van der Waals surface area contributed by atoms with E-state index in [1.807, 2.05) is 6.92 Å².